The quantitative estimate of drug-likeness (QED) is 0.790. The first-order valence-corrected chi connectivity index (χ1v) is 8.23. The molecule has 5 heteroatoms. The third-order valence-corrected chi connectivity index (χ3v) is 4.55. The maximum Gasteiger partial charge on any atom is 0.231 e. The lowest BCUT2D eigenvalue weighted by atomic mass is 10.0. The van der Waals surface area contributed by atoms with E-state index in [2.05, 4.69) is 25.2 Å². The molecule has 1 N–H and O–H groups in total. The first-order chi connectivity index (χ1) is 12.1. The molecule has 2 heterocycles. The molecule has 0 saturated heterocycles. The largest absolute Gasteiger partial charge is 0.464 e. The molecule has 1 amide bonds. The van der Waals surface area contributed by atoms with Crippen LogP contribution in [-0.4, -0.2) is 12.7 Å². The van der Waals surface area contributed by atoms with Gasteiger partial charge in [0.2, 0.25) is 12.7 Å². The molecule has 0 atom stereocenters. The fourth-order valence-corrected chi connectivity index (χ4v) is 2.96. The van der Waals surface area contributed by atoms with Crippen molar-refractivity contribution in [1.29, 1.82) is 0 Å². The summed E-state index contributed by atoms with van der Waals surface area (Å²) in [5.74, 6) is 1.42. The lowest BCUT2D eigenvalue weighted by molar-refractivity contribution is -0.120. The van der Waals surface area contributed by atoms with Gasteiger partial charge in [-0.05, 0) is 54.8 Å². The molecule has 5 nitrogen and oxygen atoms in total. The number of fused-ring (bicyclic) bond motifs is 2. The Bertz CT molecular complexity index is 958. The predicted octanol–water partition coefficient (Wildman–Crippen LogP) is 3.64. The number of furan rings is 1. The van der Waals surface area contributed by atoms with E-state index in [1.54, 1.807) is 6.26 Å². The van der Waals surface area contributed by atoms with Crippen molar-refractivity contribution in [2.24, 2.45) is 0 Å². The van der Waals surface area contributed by atoms with E-state index in [0.29, 0.717) is 13.0 Å². The first-order valence-electron chi connectivity index (χ1n) is 8.23. The van der Waals surface area contributed by atoms with E-state index >= 15 is 0 Å². The molecule has 0 fully saturated rings. The third-order valence-electron chi connectivity index (χ3n) is 4.55. The van der Waals surface area contributed by atoms with Crippen LogP contribution in [0.25, 0.3) is 11.0 Å². The fraction of sp³-hybridized carbons (Fsp3) is 0.250. The highest BCUT2D eigenvalue weighted by atomic mass is 16.7. The van der Waals surface area contributed by atoms with Crippen molar-refractivity contribution in [1.82, 2.24) is 5.32 Å². The standard InChI is InChI=1S/C20H19NO4/c1-12-5-16-15(10-23-18(16)6-13(12)2)8-20(22)21-9-14-3-4-17-19(7-14)25-11-24-17/h3-7,10H,8-9,11H2,1-2H3,(H,21,22). The van der Waals surface area contributed by atoms with Crippen LogP contribution in [0, 0.1) is 13.8 Å². The minimum Gasteiger partial charge on any atom is -0.464 e. The SMILES string of the molecule is Cc1cc2occ(CC(=O)NCc3ccc4c(c3)OCO4)c2cc1C. The minimum atomic E-state index is -0.0430. The number of amides is 1. The summed E-state index contributed by atoms with van der Waals surface area (Å²) in [6.45, 7) is 4.81. The number of nitrogens with one attached hydrogen (secondary N) is 1. The molecule has 128 valence electrons. The second-order valence-corrected chi connectivity index (χ2v) is 6.33. The Morgan fingerprint density at radius 3 is 2.76 bits per heavy atom. The van der Waals surface area contributed by atoms with Crippen molar-refractivity contribution >= 4 is 16.9 Å². The summed E-state index contributed by atoms with van der Waals surface area (Å²) in [6, 6.07) is 9.76. The van der Waals surface area contributed by atoms with E-state index in [-0.39, 0.29) is 12.7 Å². The highest BCUT2D eigenvalue weighted by Crippen LogP contribution is 2.32. The van der Waals surface area contributed by atoms with Crippen LogP contribution in [0.15, 0.2) is 41.0 Å². The summed E-state index contributed by atoms with van der Waals surface area (Å²) in [5, 5.41) is 3.94. The number of hydrogen-bond donors (Lipinski definition) is 1. The number of rotatable bonds is 4. The molecular weight excluding hydrogens is 318 g/mol. The number of carbonyl (C=O) groups is 1. The van der Waals surface area contributed by atoms with Gasteiger partial charge in [0.15, 0.2) is 11.5 Å². The summed E-state index contributed by atoms with van der Waals surface area (Å²) in [4.78, 5) is 12.3. The third kappa shape index (κ3) is 3.05. The van der Waals surface area contributed by atoms with E-state index in [9.17, 15) is 4.79 Å². The zero-order chi connectivity index (χ0) is 17.4. The fourth-order valence-electron chi connectivity index (χ4n) is 2.96. The van der Waals surface area contributed by atoms with Gasteiger partial charge in [-0.3, -0.25) is 4.79 Å². The molecule has 4 rings (SSSR count). The average Bonchev–Trinajstić information content (AvgIpc) is 3.20. The molecule has 0 unspecified atom stereocenters. The van der Waals surface area contributed by atoms with Crippen molar-refractivity contribution in [2.45, 2.75) is 26.8 Å². The minimum absolute atomic E-state index is 0.0430. The molecule has 3 aromatic rings. The molecule has 1 aliphatic rings. The smallest absolute Gasteiger partial charge is 0.231 e. The average molecular weight is 337 g/mol. The van der Waals surface area contributed by atoms with Gasteiger partial charge in [0, 0.05) is 17.5 Å². The van der Waals surface area contributed by atoms with E-state index < -0.39 is 0 Å². The van der Waals surface area contributed by atoms with E-state index in [1.807, 2.05) is 24.3 Å². The Labute approximate surface area is 145 Å². The van der Waals surface area contributed by atoms with Crippen LogP contribution in [0.1, 0.15) is 22.3 Å². The molecule has 0 radical (unpaired) electrons. The van der Waals surface area contributed by atoms with Crippen LogP contribution in [0.5, 0.6) is 11.5 Å². The van der Waals surface area contributed by atoms with Gasteiger partial charge in [0.1, 0.15) is 5.58 Å². The van der Waals surface area contributed by atoms with E-state index in [0.717, 1.165) is 33.6 Å². The molecule has 0 spiro atoms. The Morgan fingerprint density at radius 2 is 1.88 bits per heavy atom. The van der Waals surface area contributed by atoms with Crippen LogP contribution < -0.4 is 14.8 Å². The maximum absolute atomic E-state index is 12.3. The van der Waals surface area contributed by atoms with Gasteiger partial charge in [-0.1, -0.05) is 6.07 Å². The summed E-state index contributed by atoms with van der Waals surface area (Å²) in [5.41, 5.74) is 5.07. The number of hydrogen-bond acceptors (Lipinski definition) is 4. The van der Waals surface area contributed by atoms with Crippen molar-refractivity contribution in [3.05, 3.63) is 58.8 Å². The Kier molecular flexibility index (Phi) is 3.84. The Hall–Kier alpha value is -2.95. The maximum atomic E-state index is 12.3. The van der Waals surface area contributed by atoms with Crippen LogP contribution in [0.4, 0.5) is 0 Å². The van der Waals surface area contributed by atoms with Gasteiger partial charge < -0.3 is 19.2 Å². The highest BCUT2D eigenvalue weighted by Gasteiger charge is 2.14. The number of carbonyl (C=O) groups excluding carboxylic acids is 1. The van der Waals surface area contributed by atoms with Crippen molar-refractivity contribution in [3.8, 4) is 11.5 Å². The normalized spacial score (nSPS) is 12.6. The van der Waals surface area contributed by atoms with Crippen molar-refractivity contribution < 1.29 is 18.7 Å². The van der Waals surface area contributed by atoms with Crippen LogP contribution in [-0.2, 0) is 17.8 Å². The van der Waals surface area contributed by atoms with Gasteiger partial charge in [-0.15, -0.1) is 0 Å². The first kappa shape index (κ1) is 15.6. The molecule has 2 aromatic carbocycles. The number of ether oxygens (including phenoxy) is 2. The molecule has 0 saturated carbocycles. The predicted molar refractivity (Wildman–Crippen MR) is 93.8 cm³/mol. The lowest BCUT2D eigenvalue weighted by Crippen LogP contribution is -2.24. The van der Waals surface area contributed by atoms with Crippen molar-refractivity contribution in [2.75, 3.05) is 6.79 Å². The second kappa shape index (κ2) is 6.16. The number of aryl methyl sites for hydroxylation is 2. The van der Waals surface area contributed by atoms with Gasteiger partial charge in [0.25, 0.3) is 0 Å². The second-order valence-electron chi connectivity index (χ2n) is 6.33. The van der Waals surface area contributed by atoms with Gasteiger partial charge in [-0.2, -0.15) is 0 Å². The zero-order valence-electron chi connectivity index (χ0n) is 14.2. The molecular formula is C20H19NO4. The molecule has 1 aromatic heterocycles. The van der Waals surface area contributed by atoms with Crippen LogP contribution in [0.3, 0.4) is 0 Å². The Balaban J connectivity index is 1.43. The monoisotopic (exact) mass is 337 g/mol. The van der Waals surface area contributed by atoms with Gasteiger partial charge in [0.05, 0.1) is 12.7 Å². The van der Waals surface area contributed by atoms with Crippen molar-refractivity contribution in [3.63, 3.8) is 0 Å². The summed E-state index contributed by atoms with van der Waals surface area (Å²) in [6.07, 6.45) is 1.96. The Morgan fingerprint density at radius 1 is 1.08 bits per heavy atom. The molecule has 1 aliphatic heterocycles. The van der Waals surface area contributed by atoms with Gasteiger partial charge in [-0.25, -0.2) is 0 Å². The molecule has 0 bridgehead atoms. The molecule has 0 aliphatic carbocycles. The van der Waals surface area contributed by atoms with Gasteiger partial charge >= 0.3 is 0 Å². The summed E-state index contributed by atoms with van der Waals surface area (Å²) in [7, 11) is 0. The van der Waals surface area contributed by atoms with Crippen LogP contribution >= 0.6 is 0 Å². The topological polar surface area (TPSA) is 60.7 Å². The summed E-state index contributed by atoms with van der Waals surface area (Å²) < 4.78 is 16.2. The summed E-state index contributed by atoms with van der Waals surface area (Å²) >= 11 is 0. The highest BCUT2D eigenvalue weighted by molar-refractivity contribution is 5.88. The van der Waals surface area contributed by atoms with Crippen LogP contribution in [0.2, 0.25) is 0 Å². The van der Waals surface area contributed by atoms with E-state index in [4.69, 9.17) is 13.9 Å². The number of benzene rings is 2. The zero-order valence-corrected chi connectivity index (χ0v) is 14.2. The van der Waals surface area contributed by atoms with E-state index in [1.165, 1.54) is 11.1 Å². The lowest BCUT2D eigenvalue weighted by Gasteiger charge is -2.06. The molecule has 25 heavy (non-hydrogen) atoms.